The molecule has 0 aliphatic rings. The SMILES string of the molecule is CSc1nc(N)cc(NC(CN(C)C)C(C)C)n1. The molecule has 1 heterocycles. The van der Waals surface area contributed by atoms with Gasteiger partial charge < -0.3 is 16.0 Å². The van der Waals surface area contributed by atoms with Gasteiger partial charge in [-0.2, -0.15) is 0 Å². The summed E-state index contributed by atoms with van der Waals surface area (Å²) in [4.78, 5) is 10.7. The first-order valence-electron chi connectivity index (χ1n) is 6.02. The van der Waals surface area contributed by atoms with Gasteiger partial charge in [0.05, 0.1) is 0 Å². The van der Waals surface area contributed by atoms with Gasteiger partial charge in [0.15, 0.2) is 5.16 Å². The van der Waals surface area contributed by atoms with Crippen LogP contribution in [-0.2, 0) is 0 Å². The Kier molecular flexibility index (Phi) is 5.68. The summed E-state index contributed by atoms with van der Waals surface area (Å²) in [6.45, 7) is 5.35. The summed E-state index contributed by atoms with van der Waals surface area (Å²) in [5.74, 6) is 1.82. The van der Waals surface area contributed by atoms with Crippen molar-refractivity contribution in [3.8, 4) is 0 Å². The van der Waals surface area contributed by atoms with Crippen LogP contribution in [0.1, 0.15) is 13.8 Å². The van der Waals surface area contributed by atoms with Gasteiger partial charge in [0.2, 0.25) is 0 Å². The highest BCUT2D eigenvalue weighted by atomic mass is 32.2. The van der Waals surface area contributed by atoms with Crippen LogP contribution in [0.5, 0.6) is 0 Å². The first-order chi connectivity index (χ1) is 8.42. The van der Waals surface area contributed by atoms with Crippen LogP contribution >= 0.6 is 11.8 Å². The van der Waals surface area contributed by atoms with Crippen molar-refractivity contribution in [3.63, 3.8) is 0 Å². The lowest BCUT2D eigenvalue weighted by Crippen LogP contribution is -2.36. The van der Waals surface area contributed by atoms with Crippen molar-refractivity contribution >= 4 is 23.4 Å². The third-order valence-corrected chi connectivity index (χ3v) is 3.16. The minimum atomic E-state index is 0.337. The van der Waals surface area contributed by atoms with Crippen LogP contribution in [0, 0.1) is 5.92 Å². The van der Waals surface area contributed by atoms with Crippen molar-refractivity contribution < 1.29 is 0 Å². The molecule has 0 amide bonds. The standard InChI is InChI=1S/C12H23N5S/c1-8(2)9(7-17(3)4)14-11-6-10(13)15-12(16-11)18-5/h6,8-9H,7H2,1-5H3,(H3,13,14,15,16). The van der Waals surface area contributed by atoms with Crippen LogP contribution in [-0.4, -0.2) is 47.8 Å². The third-order valence-electron chi connectivity index (χ3n) is 2.61. The maximum Gasteiger partial charge on any atom is 0.191 e. The average molecular weight is 269 g/mol. The Bertz CT molecular complexity index is 381. The third kappa shape index (κ3) is 4.70. The fraction of sp³-hybridized carbons (Fsp3) is 0.667. The Balaban J connectivity index is 2.82. The summed E-state index contributed by atoms with van der Waals surface area (Å²) in [6, 6.07) is 2.12. The molecule has 3 N–H and O–H groups in total. The molecule has 0 radical (unpaired) electrons. The van der Waals surface area contributed by atoms with Gasteiger partial charge >= 0.3 is 0 Å². The van der Waals surface area contributed by atoms with Gasteiger partial charge in [0.1, 0.15) is 11.6 Å². The molecule has 1 unspecified atom stereocenters. The van der Waals surface area contributed by atoms with Crippen molar-refractivity contribution in [2.24, 2.45) is 5.92 Å². The van der Waals surface area contributed by atoms with Crippen LogP contribution in [0.4, 0.5) is 11.6 Å². The number of nitrogens with one attached hydrogen (secondary N) is 1. The molecule has 18 heavy (non-hydrogen) atoms. The number of nitrogens with two attached hydrogens (primary N) is 1. The molecule has 1 aromatic heterocycles. The molecule has 0 bridgehead atoms. The van der Waals surface area contributed by atoms with Gasteiger partial charge in [-0.05, 0) is 26.3 Å². The Hall–Kier alpha value is -1.01. The van der Waals surface area contributed by atoms with E-state index in [4.69, 9.17) is 5.73 Å². The highest BCUT2D eigenvalue weighted by molar-refractivity contribution is 7.98. The zero-order valence-corrected chi connectivity index (χ0v) is 12.6. The Morgan fingerprint density at radius 3 is 2.56 bits per heavy atom. The van der Waals surface area contributed by atoms with Crippen LogP contribution in [0.15, 0.2) is 11.2 Å². The van der Waals surface area contributed by atoms with Crippen molar-refractivity contribution in [1.82, 2.24) is 14.9 Å². The van der Waals surface area contributed by atoms with E-state index in [1.165, 1.54) is 11.8 Å². The summed E-state index contributed by atoms with van der Waals surface area (Å²) < 4.78 is 0. The molecule has 0 aromatic carbocycles. The van der Waals surface area contributed by atoms with E-state index in [9.17, 15) is 0 Å². The number of anilines is 2. The molecule has 1 rings (SSSR count). The average Bonchev–Trinajstić information content (AvgIpc) is 2.26. The van der Waals surface area contributed by atoms with Crippen molar-refractivity contribution in [2.45, 2.75) is 25.0 Å². The highest BCUT2D eigenvalue weighted by Crippen LogP contribution is 2.17. The van der Waals surface area contributed by atoms with Gasteiger partial charge in [-0.25, -0.2) is 9.97 Å². The lowest BCUT2D eigenvalue weighted by Gasteiger charge is -2.26. The largest absolute Gasteiger partial charge is 0.383 e. The fourth-order valence-corrected chi connectivity index (χ4v) is 2.00. The lowest BCUT2D eigenvalue weighted by atomic mass is 10.0. The molecule has 1 aromatic rings. The first-order valence-corrected chi connectivity index (χ1v) is 7.24. The predicted octanol–water partition coefficient (Wildman–Crippen LogP) is 1.78. The molecule has 0 aliphatic carbocycles. The van der Waals surface area contributed by atoms with E-state index in [1.807, 2.05) is 6.26 Å². The number of thioether (sulfide) groups is 1. The van der Waals surface area contributed by atoms with Gasteiger partial charge in [0.25, 0.3) is 0 Å². The van der Waals surface area contributed by atoms with Crippen LogP contribution in [0.3, 0.4) is 0 Å². The Labute approximate surface area is 114 Å². The van der Waals surface area contributed by atoms with E-state index in [2.05, 4.69) is 48.1 Å². The normalized spacial score (nSPS) is 13.1. The maximum absolute atomic E-state index is 5.77. The van der Waals surface area contributed by atoms with E-state index in [0.29, 0.717) is 22.9 Å². The van der Waals surface area contributed by atoms with Crippen LogP contribution < -0.4 is 11.1 Å². The van der Waals surface area contributed by atoms with E-state index in [1.54, 1.807) is 6.07 Å². The second kappa shape index (κ2) is 6.80. The summed E-state index contributed by atoms with van der Waals surface area (Å²) in [5, 5.41) is 4.14. The van der Waals surface area contributed by atoms with E-state index in [0.717, 1.165) is 12.4 Å². The molecule has 1 atom stereocenters. The van der Waals surface area contributed by atoms with Gasteiger partial charge in [-0.15, -0.1) is 0 Å². The quantitative estimate of drug-likeness (QED) is 0.606. The molecule has 0 spiro atoms. The molecule has 102 valence electrons. The number of nitrogens with zero attached hydrogens (tertiary/aromatic N) is 3. The van der Waals surface area contributed by atoms with Gasteiger partial charge in [-0.1, -0.05) is 25.6 Å². The second-order valence-corrected chi connectivity index (χ2v) is 5.70. The molecule has 5 nitrogen and oxygen atoms in total. The van der Waals surface area contributed by atoms with Crippen LogP contribution in [0.25, 0.3) is 0 Å². The number of rotatable bonds is 6. The van der Waals surface area contributed by atoms with Crippen molar-refractivity contribution in [1.29, 1.82) is 0 Å². The lowest BCUT2D eigenvalue weighted by molar-refractivity contribution is 0.344. The number of hydrogen-bond acceptors (Lipinski definition) is 6. The number of nitrogen functional groups attached to an aromatic ring is 1. The van der Waals surface area contributed by atoms with Gasteiger partial charge in [0, 0.05) is 18.7 Å². The molecule has 0 saturated carbocycles. The van der Waals surface area contributed by atoms with E-state index >= 15 is 0 Å². The summed E-state index contributed by atoms with van der Waals surface area (Å²) in [7, 11) is 4.14. The number of hydrogen-bond donors (Lipinski definition) is 2. The predicted molar refractivity (Wildman–Crippen MR) is 79.0 cm³/mol. The van der Waals surface area contributed by atoms with Crippen molar-refractivity contribution in [2.75, 3.05) is 37.9 Å². The highest BCUT2D eigenvalue weighted by Gasteiger charge is 2.15. The van der Waals surface area contributed by atoms with Crippen LogP contribution in [0.2, 0.25) is 0 Å². The smallest absolute Gasteiger partial charge is 0.191 e. The molecule has 6 heteroatoms. The number of likely N-dealkylation sites (N-methyl/N-ethyl adjacent to an activating group) is 1. The molecule has 0 aliphatic heterocycles. The molecular formula is C12H23N5S. The second-order valence-electron chi connectivity index (χ2n) is 4.92. The minimum Gasteiger partial charge on any atom is -0.383 e. The first kappa shape index (κ1) is 15.0. The molecular weight excluding hydrogens is 246 g/mol. The molecule has 0 saturated heterocycles. The van der Waals surface area contributed by atoms with E-state index in [-0.39, 0.29) is 0 Å². The maximum atomic E-state index is 5.77. The fourth-order valence-electron chi connectivity index (χ4n) is 1.61. The topological polar surface area (TPSA) is 67.1 Å². The van der Waals surface area contributed by atoms with Gasteiger partial charge in [-0.3, -0.25) is 0 Å². The zero-order chi connectivity index (χ0) is 13.7. The van der Waals surface area contributed by atoms with Crippen molar-refractivity contribution in [3.05, 3.63) is 6.07 Å². The molecule has 0 fully saturated rings. The Morgan fingerprint density at radius 2 is 2.06 bits per heavy atom. The number of aromatic nitrogens is 2. The monoisotopic (exact) mass is 269 g/mol. The summed E-state index contributed by atoms with van der Waals surface area (Å²) in [5.41, 5.74) is 5.77. The summed E-state index contributed by atoms with van der Waals surface area (Å²) >= 11 is 1.49. The zero-order valence-electron chi connectivity index (χ0n) is 11.8. The van der Waals surface area contributed by atoms with E-state index < -0.39 is 0 Å². The minimum absolute atomic E-state index is 0.337. The Morgan fingerprint density at radius 1 is 1.39 bits per heavy atom. The summed E-state index contributed by atoms with van der Waals surface area (Å²) in [6.07, 6.45) is 1.94.